The van der Waals surface area contributed by atoms with Crippen LogP contribution in [-0.4, -0.2) is 41.7 Å². The maximum absolute atomic E-state index is 11.9. The molecule has 2 rings (SSSR count). The van der Waals surface area contributed by atoms with Gasteiger partial charge in [-0.15, -0.1) is 12.4 Å². The number of β-amino-alcohol motifs (C(OH)–C–C–N with tert-alkyl or cyclic N) is 1. The number of carbonyl (C=O) groups excluding carboxylic acids is 1. The van der Waals surface area contributed by atoms with E-state index in [4.69, 9.17) is 0 Å². The van der Waals surface area contributed by atoms with Crippen molar-refractivity contribution in [2.45, 2.75) is 6.10 Å². The SMILES string of the molecule is Cl.O=C(NCC1CNCC1O)c1ccccc1[N+](=O)[O-]. The van der Waals surface area contributed by atoms with Gasteiger partial charge in [0.2, 0.25) is 0 Å². The van der Waals surface area contributed by atoms with Crippen molar-refractivity contribution in [3.8, 4) is 0 Å². The van der Waals surface area contributed by atoms with Gasteiger partial charge < -0.3 is 15.7 Å². The highest BCUT2D eigenvalue weighted by Gasteiger charge is 2.26. The Labute approximate surface area is 121 Å². The normalized spacial score (nSPS) is 21.1. The zero-order valence-electron chi connectivity index (χ0n) is 10.6. The zero-order chi connectivity index (χ0) is 13.8. The van der Waals surface area contributed by atoms with Crippen molar-refractivity contribution >= 4 is 24.0 Å². The lowest BCUT2D eigenvalue weighted by molar-refractivity contribution is -0.385. The first-order valence-corrected chi connectivity index (χ1v) is 6.00. The molecule has 0 spiro atoms. The Morgan fingerprint density at radius 2 is 2.15 bits per heavy atom. The van der Waals surface area contributed by atoms with Crippen LogP contribution in [0.2, 0.25) is 0 Å². The summed E-state index contributed by atoms with van der Waals surface area (Å²) in [4.78, 5) is 22.1. The predicted octanol–water partition coefficient (Wildman–Crippen LogP) is 0.327. The van der Waals surface area contributed by atoms with Gasteiger partial charge >= 0.3 is 0 Å². The molecule has 110 valence electrons. The maximum atomic E-state index is 11.9. The second-order valence-electron chi connectivity index (χ2n) is 4.47. The molecular weight excluding hydrogens is 286 g/mol. The molecule has 20 heavy (non-hydrogen) atoms. The standard InChI is InChI=1S/C12H15N3O4.ClH/c16-11-7-13-5-8(11)6-14-12(17)9-3-1-2-4-10(9)15(18)19;/h1-4,8,11,13,16H,5-7H2,(H,14,17);1H. The van der Waals surface area contributed by atoms with E-state index >= 15 is 0 Å². The molecular formula is C12H16ClN3O4. The molecule has 2 unspecified atom stereocenters. The largest absolute Gasteiger partial charge is 0.391 e. The number of nitro groups is 1. The number of nitro benzene ring substituents is 1. The summed E-state index contributed by atoms with van der Waals surface area (Å²) >= 11 is 0. The van der Waals surface area contributed by atoms with E-state index in [1.807, 2.05) is 0 Å². The summed E-state index contributed by atoms with van der Waals surface area (Å²) in [6.07, 6.45) is -0.494. The highest BCUT2D eigenvalue weighted by atomic mass is 35.5. The number of carbonyl (C=O) groups is 1. The van der Waals surface area contributed by atoms with E-state index in [0.717, 1.165) is 0 Å². The van der Waals surface area contributed by atoms with Crippen LogP contribution in [0.3, 0.4) is 0 Å². The van der Waals surface area contributed by atoms with Crippen molar-refractivity contribution in [1.29, 1.82) is 0 Å². The van der Waals surface area contributed by atoms with Crippen LogP contribution in [0.15, 0.2) is 24.3 Å². The maximum Gasteiger partial charge on any atom is 0.282 e. The minimum Gasteiger partial charge on any atom is -0.391 e. The Morgan fingerprint density at radius 3 is 2.75 bits per heavy atom. The van der Waals surface area contributed by atoms with E-state index in [0.29, 0.717) is 19.6 Å². The van der Waals surface area contributed by atoms with Crippen molar-refractivity contribution in [3.05, 3.63) is 39.9 Å². The fourth-order valence-corrected chi connectivity index (χ4v) is 2.07. The highest BCUT2D eigenvalue weighted by Crippen LogP contribution is 2.17. The number of hydrogen-bond donors (Lipinski definition) is 3. The van der Waals surface area contributed by atoms with Gasteiger partial charge in [0.1, 0.15) is 5.56 Å². The molecule has 2 atom stereocenters. The third-order valence-electron chi connectivity index (χ3n) is 3.17. The van der Waals surface area contributed by atoms with E-state index in [9.17, 15) is 20.0 Å². The summed E-state index contributed by atoms with van der Waals surface area (Å²) in [7, 11) is 0. The number of nitrogens with one attached hydrogen (secondary N) is 2. The molecule has 1 heterocycles. The third kappa shape index (κ3) is 3.66. The van der Waals surface area contributed by atoms with E-state index < -0.39 is 16.9 Å². The molecule has 1 saturated heterocycles. The average molecular weight is 302 g/mol. The molecule has 1 aliphatic rings. The molecule has 1 aliphatic heterocycles. The summed E-state index contributed by atoms with van der Waals surface area (Å²) in [5, 5.41) is 26.0. The van der Waals surface area contributed by atoms with Crippen LogP contribution in [0.5, 0.6) is 0 Å². The van der Waals surface area contributed by atoms with Crippen molar-refractivity contribution in [2.75, 3.05) is 19.6 Å². The molecule has 0 bridgehead atoms. The quantitative estimate of drug-likeness (QED) is 0.549. The van der Waals surface area contributed by atoms with Crippen LogP contribution in [0.4, 0.5) is 5.69 Å². The van der Waals surface area contributed by atoms with Crippen LogP contribution in [-0.2, 0) is 0 Å². The summed E-state index contributed by atoms with van der Waals surface area (Å²) < 4.78 is 0. The minimum atomic E-state index is -0.582. The van der Waals surface area contributed by atoms with Crippen molar-refractivity contribution in [2.24, 2.45) is 5.92 Å². The molecule has 1 amide bonds. The molecule has 8 heteroatoms. The topological polar surface area (TPSA) is 104 Å². The van der Waals surface area contributed by atoms with Gasteiger partial charge in [-0.3, -0.25) is 14.9 Å². The Balaban J connectivity index is 0.00000200. The molecule has 7 nitrogen and oxygen atoms in total. The monoisotopic (exact) mass is 301 g/mol. The minimum absolute atomic E-state index is 0. The van der Waals surface area contributed by atoms with Gasteiger partial charge in [-0.1, -0.05) is 12.1 Å². The molecule has 0 aliphatic carbocycles. The molecule has 1 aromatic carbocycles. The number of aliphatic hydroxyl groups excluding tert-OH is 1. The summed E-state index contributed by atoms with van der Waals surface area (Å²) in [5.41, 5.74) is -0.182. The van der Waals surface area contributed by atoms with Crippen LogP contribution in [0.1, 0.15) is 10.4 Å². The van der Waals surface area contributed by atoms with Gasteiger partial charge in [-0.2, -0.15) is 0 Å². The van der Waals surface area contributed by atoms with Gasteiger partial charge in [-0.25, -0.2) is 0 Å². The summed E-state index contributed by atoms with van der Waals surface area (Å²) in [6, 6.07) is 5.80. The second kappa shape index (κ2) is 7.18. The number of rotatable bonds is 4. The van der Waals surface area contributed by atoms with Crippen molar-refractivity contribution < 1.29 is 14.8 Å². The first kappa shape index (κ1) is 16.4. The molecule has 1 fully saturated rings. The number of amides is 1. The Hall–Kier alpha value is -1.70. The van der Waals surface area contributed by atoms with Crippen LogP contribution in [0, 0.1) is 16.0 Å². The van der Waals surface area contributed by atoms with Crippen molar-refractivity contribution in [1.82, 2.24) is 10.6 Å². The third-order valence-corrected chi connectivity index (χ3v) is 3.17. The highest BCUT2D eigenvalue weighted by molar-refractivity contribution is 5.98. The van der Waals surface area contributed by atoms with Gasteiger partial charge in [-0.05, 0) is 6.07 Å². The first-order chi connectivity index (χ1) is 9.09. The predicted molar refractivity (Wildman–Crippen MR) is 75.0 cm³/mol. The van der Waals surface area contributed by atoms with Crippen LogP contribution >= 0.6 is 12.4 Å². The Morgan fingerprint density at radius 1 is 1.45 bits per heavy atom. The van der Waals surface area contributed by atoms with Gasteiger partial charge in [0, 0.05) is 31.6 Å². The van der Waals surface area contributed by atoms with Crippen LogP contribution < -0.4 is 10.6 Å². The lowest BCUT2D eigenvalue weighted by Crippen LogP contribution is -2.34. The molecule has 0 radical (unpaired) electrons. The van der Waals surface area contributed by atoms with E-state index in [1.54, 1.807) is 6.07 Å². The Kier molecular flexibility index (Phi) is 5.87. The molecule has 0 saturated carbocycles. The molecule has 1 aromatic rings. The van der Waals surface area contributed by atoms with E-state index in [1.165, 1.54) is 18.2 Å². The number of halogens is 1. The molecule has 3 N–H and O–H groups in total. The van der Waals surface area contributed by atoms with E-state index in [2.05, 4.69) is 10.6 Å². The zero-order valence-corrected chi connectivity index (χ0v) is 11.4. The number of hydrogen-bond acceptors (Lipinski definition) is 5. The summed E-state index contributed by atoms with van der Waals surface area (Å²) in [6.45, 7) is 1.42. The van der Waals surface area contributed by atoms with Gasteiger partial charge in [0.25, 0.3) is 11.6 Å². The fourth-order valence-electron chi connectivity index (χ4n) is 2.07. The lowest BCUT2D eigenvalue weighted by atomic mass is 10.1. The number of para-hydroxylation sites is 1. The smallest absolute Gasteiger partial charge is 0.282 e. The van der Waals surface area contributed by atoms with Gasteiger partial charge in [0.15, 0.2) is 0 Å². The first-order valence-electron chi connectivity index (χ1n) is 6.00. The number of nitrogens with zero attached hydrogens (tertiary/aromatic N) is 1. The second-order valence-corrected chi connectivity index (χ2v) is 4.47. The average Bonchev–Trinajstić information content (AvgIpc) is 2.81. The lowest BCUT2D eigenvalue weighted by Gasteiger charge is -2.14. The summed E-state index contributed by atoms with van der Waals surface area (Å²) in [5.74, 6) is -0.557. The van der Waals surface area contributed by atoms with E-state index in [-0.39, 0.29) is 29.6 Å². The van der Waals surface area contributed by atoms with Crippen LogP contribution in [0.25, 0.3) is 0 Å². The molecule has 0 aromatic heterocycles. The van der Waals surface area contributed by atoms with Crippen molar-refractivity contribution in [3.63, 3.8) is 0 Å². The number of benzene rings is 1. The Bertz CT molecular complexity index is 497. The number of aliphatic hydroxyl groups is 1. The van der Waals surface area contributed by atoms with Gasteiger partial charge in [0.05, 0.1) is 11.0 Å². The fraction of sp³-hybridized carbons (Fsp3) is 0.417.